The third-order valence-electron chi connectivity index (χ3n) is 4.67. The Balaban J connectivity index is 1.78. The van der Waals surface area contributed by atoms with Gasteiger partial charge in [-0.1, -0.05) is 12.1 Å². The minimum atomic E-state index is -2.82. The average Bonchev–Trinajstić information content (AvgIpc) is 2.54. The van der Waals surface area contributed by atoms with Crippen LogP contribution in [0.2, 0.25) is 0 Å². The number of alkyl halides is 2. The van der Waals surface area contributed by atoms with Gasteiger partial charge in [0.05, 0.1) is 0 Å². The number of halogens is 2. The molecule has 3 nitrogen and oxygen atoms in total. The van der Waals surface area contributed by atoms with E-state index in [0.29, 0.717) is 6.61 Å². The first-order chi connectivity index (χ1) is 12.4. The number of rotatable bonds is 6. The van der Waals surface area contributed by atoms with Gasteiger partial charge >= 0.3 is 6.61 Å². The highest BCUT2D eigenvalue weighted by Crippen LogP contribution is 2.37. The smallest absolute Gasteiger partial charge is 0.387 e. The summed E-state index contributed by atoms with van der Waals surface area (Å²) in [7, 11) is 0. The molecular weight excluding hydrogens is 336 g/mol. The molecule has 3 rings (SSSR count). The van der Waals surface area contributed by atoms with Crippen molar-refractivity contribution in [2.45, 2.75) is 46.3 Å². The molecule has 0 saturated heterocycles. The van der Waals surface area contributed by atoms with Gasteiger partial charge in [0.2, 0.25) is 0 Å². The van der Waals surface area contributed by atoms with Crippen LogP contribution in [0.25, 0.3) is 5.76 Å². The molecule has 1 aliphatic rings. The first-order valence-corrected chi connectivity index (χ1v) is 8.69. The first-order valence-electron chi connectivity index (χ1n) is 8.69. The second-order valence-corrected chi connectivity index (χ2v) is 6.62. The number of hydrogen-bond acceptors (Lipinski definition) is 3. The molecule has 0 radical (unpaired) electrons. The molecule has 0 heterocycles. The third-order valence-corrected chi connectivity index (χ3v) is 4.67. The quantitative estimate of drug-likeness (QED) is 0.539. The first kappa shape index (κ1) is 18.2. The Labute approximate surface area is 152 Å². The molecule has 2 aromatic carbocycles. The molecule has 0 unspecified atom stereocenters. The molecule has 0 amide bonds. The number of hydrogen-bond donors (Lipinski definition) is 1. The Bertz CT molecular complexity index is 808. The maximum absolute atomic E-state index is 12.2. The van der Waals surface area contributed by atoms with Gasteiger partial charge in [0.25, 0.3) is 0 Å². The summed E-state index contributed by atoms with van der Waals surface area (Å²) in [5.41, 5.74) is 12.2. The van der Waals surface area contributed by atoms with Gasteiger partial charge in [-0.05, 0) is 79.6 Å². The summed E-state index contributed by atoms with van der Waals surface area (Å²) in [4.78, 5) is 0. The van der Waals surface area contributed by atoms with Crippen molar-refractivity contribution in [2.75, 3.05) is 5.73 Å². The van der Waals surface area contributed by atoms with Crippen molar-refractivity contribution in [3.05, 3.63) is 64.2 Å². The second-order valence-electron chi connectivity index (χ2n) is 6.62. The molecular formula is C21H23F2NO2. The fourth-order valence-corrected chi connectivity index (χ4v) is 2.96. The molecule has 0 atom stereocenters. The van der Waals surface area contributed by atoms with Crippen LogP contribution in [0.15, 0.2) is 42.0 Å². The van der Waals surface area contributed by atoms with Crippen molar-refractivity contribution in [3.8, 4) is 5.75 Å². The van der Waals surface area contributed by atoms with E-state index in [-0.39, 0.29) is 5.75 Å². The minimum Gasteiger partial charge on any atom is -0.488 e. The van der Waals surface area contributed by atoms with Crippen molar-refractivity contribution in [2.24, 2.45) is 0 Å². The fraction of sp³-hybridized carbons (Fsp3) is 0.333. The topological polar surface area (TPSA) is 44.5 Å². The van der Waals surface area contributed by atoms with E-state index in [1.54, 1.807) is 12.1 Å². The predicted octanol–water partition coefficient (Wildman–Crippen LogP) is 5.60. The van der Waals surface area contributed by atoms with Crippen LogP contribution in [0.3, 0.4) is 0 Å². The van der Waals surface area contributed by atoms with E-state index in [4.69, 9.17) is 10.5 Å². The summed E-state index contributed by atoms with van der Waals surface area (Å²) in [5.74, 6) is 1.07. The number of allylic oxidation sites excluding steroid dienone is 1. The van der Waals surface area contributed by atoms with Gasteiger partial charge in [0, 0.05) is 11.3 Å². The lowest BCUT2D eigenvalue weighted by Gasteiger charge is -2.24. The number of nitrogen functional groups attached to an aromatic ring is 1. The van der Waals surface area contributed by atoms with E-state index in [2.05, 4.69) is 10.8 Å². The van der Waals surface area contributed by atoms with Crippen LogP contribution >= 0.6 is 0 Å². The molecule has 26 heavy (non-hydrogen) atoms. The summed E-state index contributed by atoms with van der Waals surface area (Å²) in [6, 6.07) is 10.6. The molecule has 138 valence electrons. The van der Waals surface area contributed by atoms with E-state index in [1.807, 2.05) is 19.9 Å². The molecule has 0 bridgehead atoms. The van der Waals surface area contributed by atoms with E-state index < -0.39 is 6.61 Å². The summed E-state index contributed by atoms with van der Waals surface area (Å²) < 4.78 is 35.0. The number of benzene rings is 2. The molecule has 1 aliphatic carbocycles. The maximum atomic E-state index is 12.2. The molecule has 0 aromatic heterocycles. The highest BCUT2D eigenvalue weighted by Gasteiger charge is 2.20. The fourth-order valence-electron chi connectivity index (χ4n) is 2.96. The van der Waals surface area contributed by atoms with Crippen molar-refractivity contribution in [1.82, 2.24) is 0 Å². The number of ether oxygens (including phenoxy) is 2. The predicted molar refractivity (Wildman–Crippen MR) is 99.0 cm³/mol. The van der Waals surface area contributed by atoms with E-state index >= 15 is 0 Å². The third kappa shape index (κ3) is 4.15. The van der Waals surface area contributed by atoms with Crippen molar-refractivity contribution in [3.63, 3.8) is 0 Å². The number of anilines is 1. The monoisotopic (exact) mass is 359 g/mol. The molecule has 1 fully saturated rings. The van der Waals surface area contributed by atoms with Crippen molar-refractivity contribution >= 4 is 11.4 Å². The Morgan fingerprint density at radius 3 is 2.35 bits per heavy atom. The SMILES string of the molecule is Cc1cc(C(OCc2ccc(OC(F)F)cc2)=C2CCC2)c(C)cc1N. The molecule has 2 N–H and O–H groups in total. The summed E-state index contributed by atoms with van der Waals surface area (Å²) >= 11 is 0. The highest BCUT2D eigenvalue weighted by molar-refractivity contribution is 5.70. The zero-order valence-electron chi connectivity index (χ0n) is 15.0. The number of aryl methyl sites for hydroxylation is 2. The Kier molecular flexibility index (Phi) is 5.45. The Hall–Kier alpha value is -2.56. The van der Waals surface area contributed by atoms with Gasteiger partial charge in [-0.3, -0.25) is 0 Å². The zero-order valence-corrected chi connectivity index (χ0v) is 15.0. The molecule has 1 saturated carbocycles. The van der Waals surface area contributed by atoms with Crippen LogP contribution in [-0.2, 0) is 11.3 Å². The van der Waals surface area contributed by atoms with Crippen LogP contribution in [0.5, 0.6) is 5.75 Å². The van der Waals surface area contributed by atoms with E-state index in [9.17, 15) is 8.78 Å². The Morgan fingerprint density at radius 2 is 1.77 bits per heavy atom. The normalized spacial score (nSPS) is 13.5. The van der Waals surface area contributed by atoms with Crippen LogP contribution < -0.4 is 10.5 Å². The Morgan fingerprint density at radius 1 is 1.08 bits per heavy atom. The van der Waals surface area contributed by atoms with Crippen LogP contribution in [0.4, 0.5) is 14.5 Å². The molecule has 5 heteroatoms. The second kappa shape index (κ2) is 7.77. The lowest BCUT2D eigenvalue weighted by molar-refractivity contribution is -0.0498. The van der Waals surface area contributed by atoms with E-state index in [1.165, 1.54) is 24.1 Å². The van der Waals surface area contributed by atoms with Gasteiger partial charge in [-0.25, -0.2) is 0 Å². The standard InChI is InChI=1S/C21H23F2NO2/c1-13-11-19(24)14(2)10-18(13)20(16-4-3-5-16)25-12-15-6-8-17(9-7-15)26-21(22)23/h6-11,21H,3-5,12,24H2,1-2H3. The van der Waals surface area contributed by atoms with Gasteiger partial charge in [-0.15, -0.1) is 0 Å². The average molecular weight is 359 g/mol. The van der Waals surface area contributed by atoms with Crippen LogP contribution in [-0.4, -0.2) is 6.61 Å². The largest absolute Gasteiger partial charge is 0.488 e. The molecule has 0 spiro atoms. The van der Waals surface area contributed by atoms with Gasteiger partial charge < -0.3 is 15.2 Å². The maximum Gasteiger partial charge on any atom is 0.387 e. The molecule has 2 aromatic rings. The van der Waals surface area contributed by atoms with Gasteiger partial charge in [0.1, 0.15) is 18.1 Å². The molecule has 0 aliphatic heterocycles. The van der Waals surface area contributed by atoms with E-state index in [0.717, 1.165) is 46.5 Å². The minimum absolute atomic E-state index is 0.145. The zero-order chi connectivity index (χ0) is 18.7. The number of nitrogens with two attached hydrogens (primary N) is 1. The summed E-state index contributed by atoms with van der Waals surface area (Å²) in [6.45, 7) is 1.58. The van der Waals surface area contributed by atoms with Gasteiger partial charge in [-0.2, -0.15) is 8.78 Å². The lowest BCUT2D eigenvalue weighted by atomic mass is 9.88. The van der Waals surface area contributed by atoms with Crippen molar-refractivity contribution in [1.29, 1.82) is 0 Å². The van der Waals surface area contributed by atoms with Crippen LogP contribution in [0.1, 0.15) is 41.5 Å². The summed E-state index contributed by atoms with van der Waals surface area (Å²) in [6.07, 6.45) is 3.26. The summed E-state index contributed by atoms with van der Waals surface area (Å²) in [5, 5.41) is 0. The lowest BCUT2D eigenvalue weighted by Crippen LogP contribution is -2.07. The van der Waals surface area contributed by atoms with Gasteiger partial charge in [0.15, 0.2) is 0 Å². The van der Waals surface area contributed by atoms with Crippen molar-refractivity contribution < 1.29 is 18.3 Å². The highest BCUT2D eigenvalue weighted by atomic mass is 19.3. The van der Waals surface area contributed by atoms with Crippen LogP contribution in [0, 0.1) is 13.8 Å².